The van der Waals surface area contributed by atoms with Crippen molar-refractivity contribution in [3.05, 3.63) is 29.7 Å². The van der Waals surface area contributed by atoms with Crippen molar-refractivity contribution in [2.75, 3.05) is 26.2 Å². The molecule has 3 saturated heterocycles. The molecule has 142 valence electrons. The Morgan fingerprint density at radius 3 is 3.23 bits per heavy atom. The first kappa shape index (κ1) is 17.7. The molecular weight excluding hydrogens is 330 g/mol. The second-order valence-electron chi connectivity index (χ2n) is 7.93. The van der Waals surface area contributed by atoms with Crippen molar-refractivity contribution in [3.63, 3.8) is 0 Å². The average molecular weight is 359 g/mol. The summed E-state index contributed by atoms with van der Waals surface area (Å²) >= 11 is 0. The molecule has 3 aliphatic rings. The van der Waals surface area contributed by atoms with Gasteiger partial charge in [-0.05, 0) is 26.2 Å². The fourth-order valence-corrected chi connectivity index (χ4v) is 5.04. The number of aromatic nitrogens is 1. The Labute approximate surface area is 154 Å². The van der Waals surface area contributed by atoms with Gasteiger partial charge in [0.15, 0.2) is 5.69 Å². The Hall–Kier alpha value is -1.66. The number of nitrogens with zero attached hydrogens (tertiary/aromatic N) is 2. The maximum atomic E-state index is 12.4. The summed E-state index contributed by atoms with van der Waals surface area (Å²) in [5, 5.41) is 6.98. The number of ether oxygens (including phenoxy) is 1. The summed E-state index contributed by atoms with van der Waals surface area (Å²) in [6.45, 7) is 7.86. The van der Waals surface area contributed by atoms with E-state index in [4.69, 9.17) is 9.26 Å². The molecule has 6 heteroatoms. The largest absolute Gasteiger partial charge is 0.370 e. The van der Waals surface area contributed by atoms with Gasteiger partial charge in [0.05, 0.1) is 11.7 Å². The fraction of sp³-hybridized carbons (Fsp3) is 0.700. The van der Waals surface area contributed by atoms with Gasteiger partial charge in [0.25, 0.3) is 5.91 Å². The van der Waals surface area contributed by atoms with Crippen molar-refractivity contribution in [2.24, 2.45) is 11.8 Å². The molecule has 0 aliphatic carbocycles. The zero-order valence-electron chi connectivity index (χ0n) is 15.7. The number of carbonyl (C=O) groups excluding carboxylic acids is 1. The van der Waals surface area contributed by atoms with Crippen molar-refractivity contribution >= 4 is 5.91 Å². The van der Waals surface area contributed by atoms with Gasteiger partial charge in [-0.1, -0.05) is 24.2 Å². The number of rotatable bonds is 7. The Kier molecular flexibility index (Phi) is 4.88. The lowest BCUT2D eigenvalue weighted by atomic mass is 9.73. The molecule has 1 amide bonds. The second kappa shape index (κ2) is 7.16. The Morgan fingerprint density at radius 1 is 1.54 bits per heavy atom. The van der Waals surface area contributed by atoms with E-state index < -0.39 is 0 Å². The van der Waals surface area contributed by atoms with Crippen LogP contribution in [0.3, 0.4) is 0 Å². The van der Waals surface area contributed by atoms with E-state index in [2.05, 4.69) is 41.4 Å². The summed E-state index contributed by atoms with van der Waals surface area (Å²) in [7, 11) is 0. The monoisotopic (exact) mass is 359 g/mol. The molecule has 1 aromatic heterocycles. The van der Waals surface area contributed by atoms with Gasteiger partial charge in [0.1, 0.15) is 5.76 Å². The lowest BCUT2D eigenvalue weighted by Gasteiger charge is -2.29. The molecule has 0 aromatic carbocycles. The molecule has 0 saturated carbocycles. The van der Waals surface area contributed by atoms with E-state index in [0.717, 1.165) is 51.1 Å². The summed E-state index contributed by atoms with van der Waals surface area (Å²) in [4.78, 5) is 14.9. The molecule has 4 atom stereocenters. The van der Waals surface area contributed by atoms with Crippen LogP contribution in [-0.2, 0) is 11.2 Å². The molecule has 1 N–H and O–H groups in total. The molecule has 3 fully saturated rings. The van der Waals surface area contributed by atoms with Crippen LogP contribution in [-0.4, -0.2) is 53.8 Å². The molecule has 0 radical (unpaired) electrons. The maximum absolute atomic E-state index is 12.4. The maximum Gasteiger partial charge on any atom is 0.273 e. The van der Waals surface area contributed by atoms with Crippen molar-refractivity contribution in [1.29, 1.82) is 0 Å². The normalized spacial score (nSPS) is 33.2. The van der Waals surface area contributed by atoms with Crippen LogP contribution in [0.15, 0.2) is 22.7 Å². The third-order valence-corrected chi connectivity index (χ3v) is 6.24. The van der Waals surface area contributed by atoms with Crippen molar-refractivity contribution in [2.45, 2.75) is 51.2 Å². The van der Waals surface area contributed by atoms with Gasteiger partial charge >= 0.3 is 0 Å². The summed E-state index contributed by atoms with van der Waals surface area (Å²) in [6, 6.07) is 1.76. The Bertz CT molecular complexity index is 686. The first-order valence-electron chi connectivity index (χ1n) is 9.90. The molecule has 6 nitrogen and oxygen atoms in total. The third-order valence-electron chi connectivity index (χ3n) is 6.24. The van der Waals surface area contributed by atoms with Gasteiger partial charge in [-0.25, -0.2) is 0 Å². The minimum Gasteiger partial charge on any atom is -0.370 e. The summed E-state index contributed by atoms with van der Waals surface area (Å²) in [5.74, 6) is 1.54. The van der Waals surface area contributed by atoms with Crippen LogP contribution in [0.2, 0.25) is 0 Å². The minimum atomic E-state index is -0.142. The number of hydrogen-bond acceptors (Lipinski definition) is 5. The lowest BCUT2D eigenvalue weighted by Crippen LogP contribution is -2.42. The molecule has 0 unspecified atom stereocenters. The fourth-order valence-electron chi connectivity index (χ4n) is 5.04. The number of fused-ring (bicyclic) bond motifs is 1. The van der Waals surface area contributed by atoms with Gasteiger partial charge in [-0.15, -0.1) is 0 Å². The molecule has 1 spiro atoms. The van der Waals surface area contributed by atoms with Gasteiger partial charge in [-0.3, -0.25) is 9.69 Å². The number of aryl methyl sites for hydroxylation is 1. The van der Waals surface area contributed by atoms with Crippen LogP contribution in [0.25, 0.3) is 0 Å². The quantitative estimate of drug-likeness (QED) is 0.757. The molecule has 1 aromatic rings. The first-order chi connectivity index (χ1) is 12.6. The number of likely N-dealkylation sites (tertiary alicyclic amines) is 1. The molecule has 2 bridgehead atoms. The molecular formula is C20H29N3O3. The molecule has 4 rings (SSSR count). The van der Waals surface area contributed by atoms with Crippen LogP contribution in [0.4, 0.5) is 0 Å². The van der Waals surface area contributed by atoms with Crippen LogP contribution in [0, 0.1) is 11.8 Å². The van der Waals surface area contributed by atoms with E-state index in [0.29, 0.717) is 24.1 Å². The average Bonchev–Trinajstić information content (AvgIpc) is 3.38. The smallest absolute Gasteiger partial charge is 0.273 e. The topological polar surface area (TPSA) is 67.6 Å². The third kappa shape index (κ3) is 3.09. The number of amides is 1. The molecule has 4 heterocycles. The molecule has 26 heavy (non-hydrogen) atoms. The zero-order chi connectivity index (χ0) is 18.1. The summed E-state index contributed by atoms with van der Waals surface area (Å²) in [5.41, 5.74) is 0.400. The number of allylic oxidation sites excluding steroid dienone is 1. The van der Waals surface area contributed by atoms with Gasteiger partial charge < -0.3 is 14.6 Å². The second-order valence-corrected chi connectivity index (χ2v) is 7.93. The van der Waals surface area contributed by atoms with Gasteiger partial charge in [0, 0.05) is 50.5 Å². The standard InChI is InChI=1S/C20H29N3O3/c1-3-5-9-23-12-16-15(18-7-8-20(16,13-23)25-18)11-21-19(24)17-10-14(6-4-2)26-22-17/h3,5,10,15-16,18H,4,6-9,11-13H2,1-2H3,(H,21,24)/b5-3+/t15-,16+,18+,20+/m0/s1. The van der Waals surface area contributed by atoms with E-state index in [9.17, 15) is 4.79 Å². The van der Waals surface area contributed by atoms with E-state index in [1.54, 1.807) is 6.07 Å². The predicted molar refractivity (Wildman–Crippen MR) is 97.9 cm³/mol. The Balaban J connectivity index is 1.37. The van der Waals surface area contributed by atoms with Crippen LogP contribution in [0.5, 0.6) is 0 Å². The highest BCUT2D eigenvalue weighted by Gasteiger charge is 2.62. The lowest BCUT2D eigenvalue weighted by molar-refractivity contribution is 0.00365. The minimum absolute atomic E-state index is 0.0177. The summed E-state index contributed by atoms with van der Waals surface area (Å²) < 4.78 is 11.6. The van der Waals surface area contributed by atoms with Crippen molar-refractivity contribution in [1.82, 2.24) is 15.4 Å². The van der Waals surface area contributed by atoms with E-state index in [1.807, 2.05) is 0 Å². The predicted octanol–water partition coefficient (Wildman–Crippen LogP) is 2.41. The SMILES string of the molecule is C/C=C/CN1C[C@@H]2[C@H](CNC(=O)c3cc(CCC)on3)[C@H]3CC[C@]2(C1)O3. The Morgan fingerprint density at radius 2 is 2.42 bits per heavy atom. The highest BCUT2D eigenvalue weighted by molar-refractivity contribution is 5.92. The van der Waals surface area contributed by atoms with Gasteiger partial charge in [-0.2, -0.15) is 0 Å². The van der Waals surface area contributed by atoms with Crippen molar-refractivity contribution in [3.8, 4) is 0 Å². The van der Waals surface area contributed by atoms with E-state index in [-0.39, 0.29) is 17.6 Å². The van der Waals surface area contributed by atoms with Crippen LogP contribution >= 0.6 is 0 Å². The van der Waals surface area contributed by atoms with Crippen LogP contribution < -0.4 is 5.32 Å². The highest BCUT2D eigenvalue weighted by Crippen LogP contribution is 2.54. The van der Waals surface area contributed by atoms with E-state index in [1.165, 1.54) is 0 Å². The number of nitrogens with one attached hydrogen (secondary N) is 1. The first-order valence-corrected chi connectivity index (χ1v) is 9.90. The van der Waals surface area contributed by atoms with E-state index >= 15 is 0 Å². The van der Waals surface area contributed by atoms with Crippen LogP contribution in [0.1, 0.15) is 49.4 Å². The summed E-state index contributed by atoms with van der Waals surface area (Å²) in [6.07, 6.45) is 8.65. The van der Waals surface area contributed by atoms with Gasteiger partial charge in [0.2, 0.25) is 0 Å². The van der Waals surface area contributed by atoms with Crippen molar-refractivity contribution < 1.29 is 14.1 Å². The number of carbonyl (C=O) groups is 1. The highest BCUT2D eigenvalue weighted by atomic mass is 16.5. The molecule has 3 aliphatic heterocycles. The number of hydrogen-bond donors (Lipinski definition) is 1. The zero-order valence-corrected chi connectivity index (χ0v) is 15.7.